The molecule has 3 aliphatic heterocycles. The number of fused-ring (bicyclic) bond motifs is 2. The predicted molar refractivity (Wildman–Crippen MR) is 109 cm³/mol. The van der Waals surface area contributed by atoms with Crippen LogP contribution in [-0.2, 0) is 21.5 Å². The minimum Gasteiger partial charge on any atom is -0.477 e. The number of ether oxygens (including phenoxy) is 2. The van der Waals surface area contributed by atoms with Gasteiger partial charge in [0.1, 0.15) is 4.88 Å². The number of carboxylic acid groups (broad SMARTS) is 1. The van der Waals surface area contributed by atoms with Crippen LogP contribution in [0.15, 0.2) is 6.07 Å². The number of hydrogen-bond acceptors (Lipinski definition) is 6. The Morgan fingerprint density at radius 1 is 1.14 bits per heavy atom. The number of aromatic carboxylic acids is 1. The number of carboxylic acids is 1. The Morgan fingerprint density at radius 2 is 1.79 bits per heavy atom. The Labute approximate surface area is 171 Å². The molecule has 0 unspecified atom stereocenters. The first-order valence-corrected chi connectivity index (χ1v) is 11.2. The van der Waals surface area contributed by atoms with Gasteiger partial charge in [-0.05, 0) is 29.9 Å². The van der Waals surface area contributed by atoms with Gasteiger partial charge in [0.15, 0.2) is 0 Å². The predicted octanol–water partition coefficient (Wildman–Crippen LogP) is 2.67. The monoisotopic (exact) mass is 408 g/mol. The number of carbonyl (C=O) groups is 1. The van der Waals surface area contributed by atoms with Crippen molar-refractivity contribution in [1.29, 1.82) is 0 Å². The maximum atomic E-state index is 11.4. The number of hydrogen-bond donors (Lipinski definition) is 1. The largest absolute Gasteiger partial charge is 0.477 e. The fourth-order valence-corrected chi connectivity index (χ4v) is 6.10. The number of nitrogens with zero attached hydrogens (tertiary/aromatic N) is 2. The van der Waals surface area contributed by atoms with E-state index < -0.39 is 5.97 Å². The number of likely N-dealkylation sites (tertiary alicyclic amines) is 1. The van der Waals surface area contributed by atoms with Gasteiger partial charge in [-0.1, -0.05) is 13.8 Å². The van der Waals surface area contributed by atoms with Crippen molar-refractivity contribution in [2.45, 2.75) is 38.7 Å². The molecule has 0 bridgehead atoms. The van der Waals surface area contributed by atoms with Gasteiger partial charge >= 0.3 is 5.97 Å². The van der Waals surface area contributed by atoms with Crippen LogP contribution < -0.4 is 0 Å². The van der Waals surface area contributed by atoms with Crippen LogP contribution >= 0.6 is 11.3 Å². The lowest BCUT2D eigenvalue weighted by molar-refractivity contribution is -0.101. The first kappa shape index (κ1) is 20.3. The van der Waals surface area contributed by atoms with Crippen molar-refractivity contribution in [1.82, 2.24) is 9.80 Å². The highest BCUT2D eigenvalue weighted by atomic mass is 32.1. The summed E-state index contributed by atoms with van der Waals surface area (Å²) in [4.78, 5) is 18.2. The van der Waals surface area contributed by atoms with E-state index in [1.165, 1.54) is 16.2 Å². The second kappa shape index (κ2) is 8.03. The molecule has 4 rings (SSSR count). The highest BCUT2D eigenvalue weighted by Gasteiger charge is 2.43. The minimum atomic E-state index is -0.822. The van der Waals surface area contributed by atoms with Crippen molar-refractivity contribution in [3.8, 4) is 0 Å². The van der Waals surface area contributed by atoms with Gasteiger partial charge < -0.3 is 19.5 Å². The third-order valence-electron chi connectivity index (χ3n) is 6.29. The van der Waals surface area contributed by atoms with Gasteiger partial charge in [0.05, 0.1) is 25.4 Å². The van der Waals surface area contributed by atoms with Crippen molar-refractivity contribution in [2.75, 3.05) is 59.1 Å². The standard InChI is InChI=1S/C21H32N2O4S/c1-20(2,15-23-8-11-26-12-9-23)14-22-6-4-21(5-7-22)16-13-18(19(24)25)28-17(16)3-10-27-21/h13H,3-12,14-15H2,1-2H3,(H,24,25). The van der Waals surface area contributed by atoms with Gasteiger partial charge in [-0.25, -0.2) is 4.79 Å². The molecule has 6 nitrogen and oxygen atoms in total. The van der Waals surface area contributed by atoms with Crippen molar-refractivity contribution in [2.24, 2.45) is 5.41 Å². The van der Waals surface area contributed by atoms with Gasteiger partial charge in [0, 0.05) is 50.6 Å². The molecule has 1 N–H and O–H groups in total. The van der Waals surface area contributed by atoms with Gasteiger partial charge in [0.25, 0.3) is 0 Å². The van der Waals surface area contributed by atoms with Crippen LogP contribution in [0.25, 0.3) is 0 Å². The zero-order chi connectivity index (χ0) is 19.8. The van der Waals surface area contributed by atoms with Crippen molar-refractivity contribution >= 4 is 17.3 Å². The fourth-order valence-electron chi connectivity index (χ4n) is 5.03. The van der Waals surface area contributed by atoms with E-state index in [1.807, 2.05) is 6.07 Å². The van der Waals surface area contributed by atoms with Crippen LogP contribution in [0.5, 0.6) is 0 Å². The summed E-state index contributed by atoms with van der Waals surface area (Å²) < 4.78 is 11.8. The Hall–Kier alpha value is -0.990. The average molecular weight is 409 g/mol. The summed E-state index contributed by atoms with van der Waals surface area (Å²) in [6.45, 7) is 13.4. The van der Waals surface area contributed by atoms with E-state index >= 15 is 0 Å². The van der Waals surface area contributed by atoms with E-state index in [0.29, 0.717) is 11.5 Å². The number of piperidine rings is 1. The Morgan fingerprint density at radius 3 is 2.43 bits per heavy atom. The molecule has 156 valence electrons. The van der Waals surface area contributed by atoms with Crippen molar-refractivity contribution < 1.29 is 19.4 Å². The van der Waals surface area contributed by atoms with Gasteiger partial charge in [-0.15, -0.1) is 11.3 Å². The van der Waals surface area contributed by atoms with Crippen LogP contribution in [-0.4, -0.2) is 80.0 Å². The molecule has 0 atom stereocenters. The van der Waals surface area contributed by atoms with Crippen LogP contribution in [0.2, 0.25) is 0 Å². The second-order valence-corrected chi connectivity index (χ2v) is 10.3. The third-order valence-corrected chi connectivity index (χ3v) is 7.47. The van der Waals surface area contributed by atoms with Gasteiger partial charge in [-0.2, -0.15) is 0 Å². The second-order valence-electron chi connectivity index (χ2n) is 9.17. The molecule has 4 heterocycles. The lowest BCUT2D eigenvalue weighted by Gasteiger charge is -2.46. The van der Waals surface area contributed by atoms with E-state index in [9.17, 15) is 9.90 Å². The molecular weight excluding hydrogens is 376 g/mol. The summed E-state index contributed by atoms with van der Waals surface area (Å²) in [6, 6.07) is 1.87. The maximum Gasteiger partial charge on any atom is 0.345 e. The molecule has 28 heavy (non-hydrogen) atoms. The van der Waals surface area contributed by atoms with Crippen molar-refractivity contribution in [3.63, 3.8) is 0 Å². The first-order chi connectivity index (χ1) is 13.4. The van der Waals surface area contributed by atoms with Gasteiger partial charge in [0.2, 0.25) is 0 Å². The van der Waals surface area contributed by atoms with E-state index in [2.05, 4.69) is 23.6 Å². The first-order valence-electron chi connectivity index (χ1n) is 10.4. The SMILES string of the molecule is CC(C)(CN1CCOCC1)CN1CCC2(CC1)OCCc1sc(C(=O)O)cc12. The fraction of sp³-hybridized carbons (Fsp3) is 0.762. The van der Waals surface area contributed by atoms with E-state index in [4.69, 9.17) is 9.47 Å². The summed E-state index contributed by atoms with van der Waals surface area (Å²) in [6.07, 6.45) is 2.73. The summed E-state index contributed by atoms with van der Waals surface area (Å²) in [5.41, 5.74) is 1.11. The molecule has 1 spiro atoms. The number of rotatable bonds is 5. The molecule has 0 aromatic carbocycles. The molecular formula is C21H32N2O4S. The molecule has 2 fully saturated rings. The lowest BCUT2D eigenvalue weighted by Crippen LogP contribution is -2.50. The number of thiophene rings is 1. The molecule has 1 aromatic heterocycles. The molecule has 0 radical (unpaired) electrons. The molecule has 7 heteroatoms. The Kier molecular flexibility index (Phi) is 5.82. The molecule has 0 amide bonds. The van der Waals surface area contributed by atoms with Crippen LogP contribution in [0.4, 0.5) is 0 Å². The van der Waals surface area contributed by atoms with Crippen LogP contribution in [0.1, 0.15) is 46.8 Å². The highest BCUT2D eigenvalue weighted by Crippen LogP contribution is 2.45. The molecule has 3 aliphatic rings. The minimum absolute atomic E-state index is 0.235. The topological polar surface area (TPSA) is 62.2 Å². The summed E-state index contributed by atoms with van der Waals surface area (Å²) in [5, 5.41) is 9.37. The van der Waals surface area contributed by atoms with Crippen molar-refractivity contribution in [3.05, 3.63) is 21.4 Å². The summed E-state index contributed by atoms with van der Waals surface area (Å²) in [7, 11) is 0. The van der Waals surface area contributed by atoms with E-state index in [0.717, 1.165) is 77.3 Å². The molecule has 1 aromatic rings. The molecule has 2 saturated heterocycles. The molecule has 0 saturated carbocycles. The smallest absolute Gasteiger partial charge is 0.345 e. The maximum absolute atomic E-state index is 11.4. The average Bonchev–Trinajstić information content (AvgIpc) is 3.10. The van der Waals surface area contributed by atoms with Crippen LogP contribution in [0.3, 0.4) is 0 Å². The quantitative estimate of drug-likeness (QED) is 0.808. The normalized spacial score (nSPS) is 23.6. The zero-order valence-electron chi connectivity index (χ0n) is 17.0. The number of morpholine rings is 1. The zero-order valence-corrected chi connectivity index (χ0v) is 17.9. The Bertz CT molecular complexity index is 703. The summed E-state index contributed by atoms with van der Waals surface area (Å²) >= 11 is 1.43. The van der Waals surface area contributed by atoms with E-state index in [1.54, 1.807) is 0 Å². The van der Waals surface area contributed by atoms with Crippen LogP contribution in [0, 0.1) is 5.41 Å². The van der Waals surface area contributed by atoms with Gasteiger partial charge in [-0.3, -0.25) is 4.90 Å². The Balaban J connectivity index is 1.38. The van der Waals surface area contributed by atoms with E-state index in [-0.39, 0.29) is 11.0 Å². The third kappa shape index (κ3) is 4.28. The summed E-state index contributed by atoms with van der Waals surface area (Å²) in [5.74, 6) is -0.822. The highest BCUT2D eigenvalue weighted by molar-refractivity contribution is 7.14. The molecule has 0 aliphatic carbocycles. The lowest BCUT2D eigenvalue weighted by atomic mass is 9.81.